The van der Waals surface area contributed by atoms with Crippen LogP contribution in [0.25, 0.3) is 0 Å². The Morgan fingerprint density at radius 3 is 2.15 bits per heavy atom. The third-order valence-electron chi connectivity index (χ3n) is 4.02. The number of nitrogens with zero attached hydrogens (tertiary/aromatic N) is 1. The minimum absolute atomic E-state index is 0.364. The predicted molar refractivity (Wildman–Crippen MR) is 105 cm³/mol. The van der Waals surface area contributed by atoms with Gasteiger partial charge in [0.25, 0.3) is 0 Å². The fourth-order valence-corrected chi connectivity index (χ4v) is 3.49. The summed E-state index contributed by atoms with van der Waals surface area (Å²) in [5.74, 6) is 2.59. The van der Waals surface area contributed by atoms with Gasteiger partial charge in [0, 0.05) is 18.7 Å². The highest BCUT2D eigenvalue weighted by Gasteiger charge is 2.49. The van der Waals surface area contributed by atoms with E-state index in [2.05, 4.69) is 10.6 Å². The van der Waals surface area contributed by atoms with Crippen LogP contribution in [0.2, 0.25) is 0 Å². The lowest BCUT2D eigenvalue weighted by Crippen LogP contribution is -2.69. The van der Waals surface area contributed by atoms with Crippen LogP contribution in [0, 0.1) is 12.3 Å². The number of likely N-dealkylation sites (tertiary alicyclic amines) is 1. The molecule has 6 heteroatoms. The zero-order valence-corrected chi connectivity index (χ0v) is 17.2. The average Bonchev–Trinajstić information content (AvgIpc) is 2.47. The van der Waals surface area contributed by atoms with E-state index >= 15 is 0 Å². The van der Waals surface area contributed by atoms with Crippen LogP contribution in [0.3, 0.4) is 0 Å². The molecule has 1 aromatic rings. The van der Waals surface area contributed by atoms with Gasteiger partial charge in [-0.05, 0) is 59.2 Å². The first-order valence-corrected chi connectivity index (χ1v) is 9.76. The SMILES string of the molecule is C#Cc1ccc(C2(NS(=O)C(C)(C)C)CN(C(=O)OC(C)(C)C)C2)cc1. The summed E-state index contributed by atoms with van der Waals surface area (Å²) in [6.45, 7) is 12.0. The van der Waals surface area contributed by atoms with Gasteiger partial charge < -0.3 is 9.64 Å². The molecule has 1 aliphatic rings. The van der Waals surface area contributed by atoms with Crippen molar-refractivity contribution < 1.29 is 13.7 Å². The molecule has 1 unspecified atom stereocenters. The second kappa shape index (κ2) is 7.05. The van der Waals surface area contributed by atoms with E-state index in [-0.39, 0.29) is 6.09 Å². The van der Waals surface area contributed by atoms with E-state index < -0.39 is 26.9 Å². The molecule has 0 spiro atoms. The summed E-state index contributed by atoms with van der Waals surface area (Å²) in [5, 5.41) is 0. The van der Waals surface area contributed by atoms with Crippen LogP contribution in [-0.2, 0) is 21.3 Å². The van der Waals surface area contributed by atoms with Crippen molar-refractivity contribution in [2.24, 2.45) is 0 Å². The number of amides is 1. The molecule has 1 amide bonds. The van der Waals surface area contributed by atoms with Gasteiger partial charge in [0.05, 0.1) is 21.3 Å². The molecule has 0 saturated carbocycles. The van der Waals surface area contributed by atoms with Gasteiger partial charge in [-0.15, -0.1) is 6.42 Å². The van der Waals surface area contributed by atoms with Crippen molar-refractivity contribution in [3.63, 3.8) is 0 Å². The van der Waals surface area contributed by atoms with Crippen molar-refractivity contribution in [2.75, 3.05) is 13.1 Å². The van der Waals surface area contributed by atoms with Crippen LogP contribution in [0.15, 0.2) is 24.3 Å². The molecule has 0 aliphatic carbocycles. The summed E-state index contributed by atoms with van der Waals surface area (Å²) in [6, 6.07) is 7.56. The predicted octanol–water partition coefficient (Wildman–Crippen LogP) is 3.17. The topological polar surface area (TPSA) is 58.6 Å². The molecule has 0 aromatic heterocycles. The highest BCUT2D eigenvalue weighted by Crippen LogP contribution is 2.34. The molecule has 142 valence electrons. The molecular weight excluding hydrogens is 348 g/mol. The van der Waals surface area contributed by atoms with Gasteiger partial charge in [-0.2, -0.15) is 0 Å². The first-order chi connectivity index (χ1) is 11.9. The number of carbonyl (C=O) groups excluding carboxylic acids is 1. The summed E-state index contributed by atoms with van der Waals surface area (Å²) >= 11 is 0. The molecule has 1 fully saturated rings. The van der Waals surface area contributed by atoms with Crippen LogP contribution in [-0.4, -0.2) is 38.6 Å². The molecule has 1 heterocycles. The van der Waals surface area contributed by atoms with Gasteiger partial charge in [0.1, 0.15) is 5.60 Å². The van der Waals surface area contributed by atoms with E-state index in [9.17, 15) is 9.00 Å². The van der Waals surface area contributed by atoms with Crippen LogP contribution < -0.4 is 4.72 Å². The molecule has 1 saturated heterocycles. The first kappa shape index (κ1) is 20.5. The molecule has 1 atom stereocenters. The van der Waals surface area contributed by atoms with E-state index in [4.69, 9.17) is 11.2 Å². The van der Waals surface area contributed by atoms with E-state index in [0.717, 1.165) is 11.1 Å². The van der Waals surface area contributed by atoms with E-state index in [1.165, 1.54) is 0 Å². The maximum atomic E-state index is 12.7. The Labute approximate surface area is 159 Å². The molecule has 1 aliphatic heterocycles. The molecule has 0 bridgehead atoms. The number of terminal acetylenes is 1. The molecule has 5 nitrogen and oxygen atoms in total. The summed E-state index contributed by atoms with van der Waals surface area (Å²) in [6.07, 6.45) is 5.07. The second-order valence-electron chi connectivity index (χ2n) is 8.62. The zero-order valence-electron chi connectivity index (χ0n) is 16.4. The molecular formula is C20H28N2O3S. The van der Waals surface area contributed by atoms with Gasteiger partial charge in [-0.25, -0.2) is 13.7 Å². The Morgan fingerprint density at radius 1 is 1.19 bits per heavy atom. The maximum absolute atomic E-state index is 12.7. The van der Waals surface area contributed by atoms with Crippen molar-refractivity contribution in [1.29, 1.82) is 0 Å². The fourth-order valence-electron chi connectivity index (χ4n) is 2.58. The highest BCUT2D eigenvalue weighted by molar-refractivity contribution is 7.84. The molecule has 26 heavy (non-hydrogen) atoms. The Hall–Kier alpha value is -1.84. The second-order valence-corrected chi connectivity index (χ2v) is 10.6. The number of rotatable bonds is 3. The minimum atomic E-state index is -1.28. The third kappa shape index (κ3) is 4.66. The van der Waals surface area contributed by atoms with Crippen molar-refractivity contribution in [3.8, 4) is 12.3 Å². The van der Waals surface area contributed by atoms with Crippen molar-refractivity contribution in [2.45, 2.75) is 57.4 Å². The van der Waals surface area contributed by atoms with Crippen molar-refractivity contribution >= 4 is 17.1 Å². The lowest BCUT2D eigenvalue weighted by atomic mass is 9.83. The zero-order chi connectivity index (χ0) is 19.8. The average molecular weight is 377 g/mol. The van der Waals surface area contributed by atoms with Crippen LogP contribution in [0.5, 0.6) is 0 Å². The molecule has 1 N–H and O–H groups in total. The summed E-state index contributed by atoms with van der Waals surface area (Å²) in [5.41, 5.74) is 0.603. The van der Waals surface area contributed by atoms with Crippen LogP contribution in [0.1, 0.15) is 52.7 Å². The standard InChI is InChI=1S/C20H28N2O3S/c1-8-15-9-11-16(12-10-15)20(21-26(24)19(5,6)7)13-22(14-20)17(23)25-18(2,3)4/h1,9-12,21H,13-14H2,2-7H3. The van der Waals surface area contributed by atoms with Crippen molar-refractivity contribution in [3.05, 3.63) is 35.4 Å². The molecule has 2 rings (SSSR count). The quantitative estimate of drug-likeness (QED) is 0.825. The number of ether oxygens (including phenoxy) is 1. The highest BCUT2D eigenvalue weighted by atomic mass is 32.2. The number of nitrogens with one attached hydrogen (secondary N) is 1. The Morgan fingerprint density at radius 2 is 1.73 bits per heavy atom. The van der Waals surface area contributed by atoms with Crippen molar-refractivity contribution in [1.82, 2.24) is 9.62 Å². The monoisotopic (exact) mass is 376 g/mol. The Bertz CT molecular complexity index is 730. The number of benzene rings is 1. The van der Waals surface area contributed by atoms with Gasteiger partial charge in [-0.1, -0.05) is 18.1 Å². The summed E-state index contributed by atoms with van der Waals surface area (Å²) < 4.78 is 21.0. The first-order valence-electron chi connectivity index (χ1n) is 8.61. The van der Waals surface area contributed by atoms with Gasteiger partial charge >= 0.3 is 6.09 Å². The lowest BCUT2D eigenvalue weighted by molar-refractivity contribution is -0.0123. The summed E-state index contributed by atoms with van der Waals surface area (Å²) in [7, 11) is -1.28. The lowest BCUT2D eigenvalue weighted by Gasteiger charge is -2.50. The molecule has 0 radical (unpaired) electrons. The Kier molecular flexibility index (Phi) is 5.55. The van der Waals surface area contributed by atoms with E-state index in [1.54, 1.807) is 4.90 Å². The van der Waals surface area contributed by atoms with E-state index in [1.807, 2.05) is 65.8 Å². The number of hydrogen-bond acceptors (Lipinski definition) is 3. The number of hydrogen-bond donors (Lipinski definition) is 1. The fraction of sp³-hybridized carbons (Fsp3) is 0.550. The maximum Gasteiger partial charge on any atom is 0.410 e. The normalized spacial score (nSPS) is 17.8. The molecule has 1 aromatic carbocycles. The summed E-state index contributed by atoms with van der Waals surface area (Å²) in [4.78, 5) is 13.9. The largest absolute Gasteiger partial charge is 0.444 e. The van der Waals surface area contributed by atoms with E-state index in [0.29, 0.717) is 13.1 Å². The van der Waals surface area contributed by atoms with Crippen LogP contribution in [0.4, 0.5) is 4.79 Å². The van der Waals surface area contributed by atoms with Gasteiger partial charge in [0.15, 0.2) is 0 Å². The van der Waals surface area contributed by atoms with Crippen LogP contribution >= 0.6 is 0 Å². The smallest absolute Gasteiger partial charge is 0.410 e. The van der Waals surface area contributed by atoms with Gasteiger partial charge in [0.2, 0.25) is 0 Å². The Balaban J connectivity index is 2.24. The minimum Gasteiger partial charge on any atom is -0.444 e. The third-order valence-corrected chi connectivity index (χ3v) is 5.71. The number of carbonyl (C=O) groups is 1. The van der Waals surface area contributed by atoms with Gasteiger partial charge in [-0.3, -0.25) is 0 Å².